The molecule has 3 heteroatoms. The van der Waals surface area contributed by atoms with E-state index in [-0.39, 0.29) is 11.9 Å². The van der Waals surface area contributed by atoms with E-state index in [0.717, 1.165) is 25.1 Å². The Morgan fingerprint density at radius 3 is 2.71 bits per heavy atom. The fourth-order valence-corrected chi connectivity index (χ4v) is 4.24. The van der Waals surface area contributed by atoms with Crippen LogP contribution < -0.4 is 10.2 Å². The lowest BCUT2D eigenvalue weighted by Crippen LogP contribution is -2.93. The first-order valence-corrected chi connectivity index (χ1v) is 9.06. The maximum absolute atomic E-state index is 13.0. The third-order valence-corrected chi connectivity index (χ3v) is 5.48. The molecule has 1 heterocycles. The van der Waals surface area contributed by atoms with Crippen molar-refractivity contribution in [3.05, 3.63) is 65.2 Å². The summed E-state index contributed by atoms with van der Waals surface area (Å²) in [5.74, 6) is 0.239. The summed E-state index contributed by atoms with van der Waals surface area (Å²) in [6.45, 7) is 2.87. The normalized spacial score (nSPS) is 20.4. The molecule has 0 unspecified atom stereocenters. The molecular weight excluding hydrogens is 296 g/mol. The number of carbonyl (C=O) groups is 1. The van der Waals surface area contributed by atoms with Crippen molar-refractivity contribution in [3.8, 4) is 0 Å². The number of amides is 1. The first-order valence-electron chi connectivity index (χ1n) is 9.06. The molecule has 0 bridgehead atoms. The van der Waals surface area contributed by atoms with Crippen LogP contribution in [-0.4, -0.2) is 18.5 Å². The zero-order chi connectivity index (χ0) is 16.5. The van der Waals surface area contributed by atoms with Crippen LogP contribution in [0.1, 0.15) is 42.5 Å². The highest BCUT2D eigenvalue weighted by molar-refractivity contribution is 5.97. The van der Waals surface area contributed by atoms with Crippen molar-refractivity contribution >= 4 is 11.6 Å². The molecule has 24 heavy (non-hydrogen) atoms. The molecule has 124 valence electrons. The number of para-hydroxylation sites is 1. The number of quaternary nitrogens is 1. The number of aryl methyl sites for hydroxylation is 1. The summed E-state index contributed by atoms with van der Waals surface area (Å²) in [7, 11) is 0. The fraction of sp³-hybridized carbons (Fsp3) is 0.381. The highest BCUT2D eigenvalue weighted by Crippen LogP contribution is 2.29. The summed E-state index contributed by atoms with van der Waals surface area (Å²) in [5.41, 5.74) is 5.27. The molecule has 0 aromatic heterocycles. The summed E-state index contributed by atoms with van der Waals surface area (Å²) in [6.07, 6.45) is 4.51. The van der Waals surface area contributed by atoms with E-state index in [9.17, 15) is 4.79 Å². The topological polar surface area (TPSA) is 36.9 Å². The summed E-state index contributed by atoms with van der Waals surface area (Å²) >= 11 is 0. The minimum atomic E-state index is -0.0488. The molecule has 4 rings (SSSR count). The van der Waals surface area contributed by atoms with E-state index in [2.05, 4.69) is 54.7 Å². The van der Waals surface area contributed by atoms with E-state index in [1.807, 2.05) is 11.0 Å². The maximum Gasteiger partial charge on any atom is 0.284 e. The van der Waals surface area contributed by atoms with Gasteiger partial charge < -0.3 is 10.2 Å². The molecule has 0 saturated heterocycles. The maximum atomic E-state index is 13.0. The number of benzene rings is 2. The van der Waals surface area contributed by atoms with E-state index in [1.54, 1.807) is 0 Å². The average molecular weight is 321 g/mol. The molecule has 0 fully saturated rings. The van der Waals surface area contributed by atoms with Crippen LogP contribution in [0.5, 0.6) is 0 Å². The molecule has 1 aliphatic heterocycles. The smallest absolute Gasteiger partial charge is 0.284 e. The molecule has 3 nitrogen and oxygen atoms in total. The molecule has 2 atom stereocenters. The third kappa shape index (κ3) is 2.73. The Morgan fingerprint density at radius 1 is 1.08 bits per heavy atom. The Labute approximate surface area is 143 Å². The first-order chi connectivity index (χ1) is 11.7. The number of rotatable bonds is 3. The van der Waals surface area contributed by atoms with Crippen molar-refractivity contribution in [2.75, 3.05) is 11.4 Å². The Kier molecular flexibility index (Phi) is 4.11. The molecule has 1 aliphatic carbocycles. The van der Waals surface area contributed by atoms with E-state index < -0.39 is 0 Å². The average Bonchev–Trinajstić information content (AvgIpc) is 3.05. The number of fused-ring (bicyclic) bond motifs is 2. The van der Waals surface area contributed by atoms with Gasteiger partial charge in [-0.15, -0.1) is 0 Å². The Bertz CT molecular complexity index is 755. The summed E-state index contributed by atoms with van der Waals surface area (Å²) < 4.78 is 0. The molecular formula is C21H25N2O+. The summed E-state index contributed by atoms with van der Waals surface area (Å²) in [6, 6.07) is 17.4. The number of nitrogens with two attached hydrogens (primary N) is 1. The van der Waals surface area contributed by atoms with Crippen LogP contribution in [0.3, 0.4) is 0 Å². The van der Waals surface area contributed by atoms with Crippen LogP contribution in [0.25, 0.3) is 0 Å². The molecule has 0 radical (unpaired) electrons. The van der Waals surface area contributed by atoms with Crippen LogP contribution in [0.4, 0.5) is 5.69 Å². The minimum absolute atomic E-state index is 0.0488. The highest BCUT2D eigenvalue weighted by atomic mass is 16.2. The molecule has 2 aliphatic rings. The van der Waals surface area contributed by atoms with E-state index in [4.69, 9.17) is 0 Å². The van der Waals surface area contributed by atoms with E-state index in [0.29, 0.717) is 6.04 Å². The molecule has 1 amide bonds. The Hall–Kier alpha value is -2.13. The van der Waals surface area contributed by atoms with Crippen molar-refractivity contribution < 1.29 is 10.1 Å². The molecule has 0 saturated carbocycles. The molecule has 2 N–H and O–H groups in total. The third-order valence-electron chi connectivity index (χ3n) is 5.48. The van der Waals surface area contributed by atoms with Gasteiger partial charge in [0.05, 0.1) is 0 Å². The van der Waals surface area contributed by atoms with Gasteiger partial charge in [0.2, 0.25) is 0 Å². The van der Waals surface area contributed by atoms with Gasteiger partial charge in [-0.2, -0.15) is 0 Å². The van der Waals surface area contributed by atoms with Crippen LogP contribution in [-0.2, 0) is 17.6 Å². The van der Waals surface area contributed by atoms with Gasteiger partial charge in [0.15, 0.2) is 6.04 Å². The van der Waals surface area contributed by atoms with Gasteiger partial charge in [-0.05, 0) is 43.4 Å². The largest absolute Gasteiger partial charge is 0.330 e. The van der Waals surface area contributed by atoms with Crippen LogP contribution in [0, 0.1) is 0 Å². The van der Waals surface area contributed by atoms with Gasteiger partial charge in [0, 0.05) is 24.2 Å². The second-order valence-corrected chi connectivity index (χ2v) is 7.05. The van der Waals surface area contributed by atoms with Crippen molar-refractivity contribution in [1.29, 1.82) is 0 Å². The van der Waals surface area contributed by atoms with Crippen molar-refractivity contribution in [2.45, 2.75) is 44.7 Å². The second kappa shape index (κ2) is 6.40. The minimum Gasteiger partial charge on any atom is -0.330 e. The van der Waals surface area contributed by atoms with Gasteiger partial charge in [-0.1, -0.05) is 42.5 Å². The lowest BCUT2D eigenvalue weighted by Gasteiger charge is -2.27. The number of nitrogens with zero attached hydrogens (tertiary/aromatic N) is 1. The second-order valence-electron chi connectivity index (χ2n) is 7.05. The zero-order valence-electron chi connectivity index (χ0n) is 14.2. The van der Waals surface area contributed by atoms with Crippen molar-refractivity contribution in [1.82, 2.24) is 0 Å². The Balaban J connectivity index is 1.50. The standard InChI is InChI=1S/C21H24N2O/c1-15(21(24)23-14-13-17-8-3-5-12-20(17)23)22-19-11-6-9-16-7-2-4-10-18(16)19/h2-5,7-8,10,12,15,19,22H,6,9,11,13-14H2,1H3/p+1/t15-,19-/m1/s1. The predicted octanol–water partition coefficient (Wildman–Crippen LogP) is 2.61. The SMILES string of the molecule is C[C@@H]([NH2+][C@@H]1CCCc2ccccc21)C(=O)N1CCc2ccccc21. The van der Waals surface area contributed by atoms with Gasteiger partial charge in [-0.25, -0.2) is 0 Å². The quantitative estimate of drug-likeness (QED) is 0.927. The van der Waals surface area contributed by atoms with E-state index >= 15 is 0 Å². The van der Waals surface area contributed by atoms with Crippen LogP contribution in [0.15, 0.2) is 48.5 Å². The monoisotopic (exact) mass is 321 g/mol. The van der Waals surface area contributed by atoms with E-state index in [1.165, 1.54) is 29.5 Å². The van der Waals surface area contributed by atoms with Gasteiger partial charge in [0.1, 0.15) is 6.04 Å². The zero-order valence-corrected chi connectivity index (χ0v) is 14.2. The van der Waals surface area contributed by atoms with Gasteiger partial charge in [-0.3, -0.25) is 4.79 Å². The summed E-state index contributed by atoms with van der Waals surface area (Å²) in [5, 5.41) is 2.28. The molecule has 0 spiro atoms. The van der Waals surface area contributed by atoms with Crippen molar-refractivity contribution in [2.24, 2.45) is 0 Å². The number of carbonyl (C=O) groups excluding carboxylic acids is 1. The molecule has 2 aromatic carbocycles. The Morgan fingerprint density at radius 2 is 1.83 bits per heavy atom. The first kappa shape index (κ1) is 15.4. The van der Waals surface area contributed by atoms with Crippen molar-refractivity contribution in [3.63, 3.8) is 0 Å². The summed E-state index contributed by atoms with van der Waals surface area (Å²) in [4.78, 5) is 15.0. The lowest BCUT2D eigenvalue weighted by molar-refractivity contribution is -0.714. The van der Waals surface area contributed by atoms with Gasteiger partial charge in [0.25, 0.3) is 5.91 Å². The number of hydrogen-bond donors (Lipinski definition) is 1. The van der Waals surface area contributed by atoms with Crippen LogP contribution in [0.2, 0.25) is 0 Å². The predicted molar refractivity (Wildman–Crippen MR) is 96.0 cm³/mol. The van der Waals surface area contributed by atoms with Gasteiger partial charge >= 0.3 is 0 Å². The molecule has 2 aromatic rings. The fourth-order valence-electron chi connectivity index (χ4n) is 4.24. The number of hydrogen-bond acceptors (Lipinski definition) is 1. The van der Waals surface area contributed by atoms with Crippen LogP contribution >= 0.6 is 0 Å². The lowest BCUT2D eigenvalue weighted by atomic mass is 9.87. The number of anilines is 1. The highest BCUT2D eigenvalue weighted by Gasteiger charge is 2.32.